The van der Waals surface area contributed by atoms with E-state index in [9.17, 15) is 4.79 Å². The number of aliphatic carboxylic acids is 1. The van der Waals surface area contributed by atoms with Crippen molar-refractivity contribution in [3.05, 3.63) is 35.9 Å². The van der Waals surface area contributed by atoms with Gasteiger partial charge in [-0.15, -0.1) is 0 Å². The van der Waals surface area contributed by atoms with Gasteiger partial charge in [-0.1, -0.05) is 37.3 Å². The first-order chi connectivity index (χ1) is 6.66. The molecule has 0 aromatic heterocycles. The summed E-state index contributed by atoms with van der Waals surface area (Å²) in [6.45, 7) is 1.91. The molecule has 1 rings (SSSR count). The molecule has 0 heterocycles. The van der Waals surface area contributed by atoms with Crippen molar-refractivity contribution in [3.8, 4) is 0 Å². The van der Waals surface area contributed by atoms with Crippen LogP contribution in [-0.2, 0) is 4.79 Å². The molecule has 0 bridgehead atoms. The number of benzene rings is 1. The molecule has 0 saturated heterocycles. The van der Waals surface area contributed by atoms with Crippen molar-refractivity contribution in [2.24, 2.45) is 0 Å². The zero-order valence-corrected chi connectivity index (χ0v) is 8.40. The number of likely N-dealkylation sites (N-methyl/N-ethyl adjacent to an activating group) is 1. The maximum atomic E-state index is 10.9. The molecule has 0 aliphatic rings. The van der Waals surface area contributed by atoms with Crippen LogP contribution in [-0.4, -0.2) is 24.2 Å². The van der Waals surface area contributed by atoms with Crippen molar-refractivity contribution in [2.45, 2.75) is 18.9 Å². The Hall–Kier alpha value is -1.35. The van der Waals surface area contributed by atoms with Crippen molar-refractivity contribution >= 4 is 5.97 Å². The van der Waals surface area contributed by atoms with Crippen LogP contribution in [0.2, 0.25) is 0 Å². The minimum Gasteiger partial charge on any atom is -0.480 e. The van der Waals surface area contributed by atoms with Crippen molar-refractivity contribution in [1.29, 1.82) is 0 Å². The van der Waals surface area contributed by atoms with E-state index in [-0.39, 0.29) is 5.92 Å². The van der Waals surface area contributed by atoms with Crippen LogP contribution in [0.25, 0.3) is 0 Å². The van der Waals surface area contributed by atoms with Gasteiger partial charge in [0, 0.05) is 5.92 Å². The molecule has 0 amide bonds. The maximum Gasteiger partial charge on any atom is 0.321 e. The second kappa shape index (κ2) is 4.77. The topological polar surface area (TPSA) is 49.3 Å². The van der Waals surface area contributed by atoms with E-state index in [0.29, 0.717) is 0 Å². The van der Waals surface area contributed by atoms with E-state index >= 15 is 0 Å². The molecule has 0 radical (unpaired) electrons. The quantitative estimate of drug-likeness (QED) is 0.761. The highest BCUT2D eigenvalue weighted by molar-refractivity contribution is 5.74. The third-order valence-corrected chi connectivity index (χ3v) is 2.40. The smallest absolute Gasteiger partial charge is 0.321 e. The standard InChI is InChI=1S/C11H15NO2/c1-8(10(12-2)11(13)14)9-6-4-3-5-7-9/h3-8,10,12H,1-2H3,(H,13,14)/t8-,10-/m0/s1. The lowest BCUT2D eigenvalue weighted by Gasteiger charge is -2.19. The number of rotatable bonds is 4. The zero-order chi connectivity index (χ0) is 10.6. The molecule has 2 N–H and O–H groups in total. The van der Waals surface area contributed by atoms with Gasteiger partial charge in [-0.3, -0.25) is 4.79 Å². The first-order valence-corrected chi connectivity index (χ1v) is 4.62. The number of carboxylic acid groups (broad SMARTS) is 1. The van der Waals surface area contributed by atoms with Crippen LogP contribution in [0.1, 0.15) is 18.4 Å². The minimum atomic E-state index is -0.816. The molecule has 14 heavy (non-hydrogen) atoms. The fourth-order valence-electron chi connectivity index (χ4n) is 1.54. The van der Waals surface area contributed by atoms with E-state index in [0.717, 1.165) is 5.56 Å². The van der Waals surface area contributed by atoms with Crippen molar-refractivity contribution in [1.82, 2.24) is 5.32 Å². The molecule has 2 atom stereocenters. The van der Waals surface area contributed by atoms with Crippen LogP contribution in [0, 0.1) is 0 Å². The minimum absolute atomic E-state index is 0.0290. The van der Waals surface area contributed by atoms with Gasteiger partial charge in [0.25, 0.3) is 0 Å². The van der Waals surface area contributed by atoms with E-state index in [1.807, 2.05) is 37.3 Å². The summed E-state index contributed by atoms with van der Waals surface area (Å²) in [5.74, 6) is -0.845. The Labute approximate surface area is 83.8 Å². The van der Waals surface area contributed by atoms with E-state index < -0.39 is 12.0 Å². The van der Waals surface area contributed by atoms with Crippen LogP contribution in [0.4, 0.5) is 0 Å². The van der Waals surface area contributed by atoms with Crippen LogP contribution in [0.5, 0.6) is 0 Å². The molecule has 0 saturated carbocycles. The average molecular weight is 193 g/mol. The molecule has 0 aliphatic carbocycles. The molecule has 0 fully saturated rings. The summed E-state index contributed by atoms with van der Waals surface area (Å²) in [6, 6.07) is 9.11. The highest BCUT2D eigenvalue weighted by atomic mass is 16.4. The van der Waals surface area contributed by atoms with Gasteiger partial charge in [0.2, 0.25) is 0 Å². The van der Waals surface area contributed by atoms with Crippen molar-refractivity contribution in [3.63, 3.8) is 0 Å². The van der Waals surface area contributed by atoms with Gasteiger partial charge in [-0.05, 0) is 12.6 Å². The van der Waals surface area contributed by atoms with E-state index in [4.69, 9.17) is 5.11 Å². The van der Waals surface area contributed by atoms with E-state index in [1.165, 1.54) is 0 Å². The highest BCUT2D eigenvalue weighted by Crippen LogP contribution is 2.18. The molecule has 1 aromatic rings. The monoisotopic (exact) mass is 193 g/mol. The lowest BCUT2D eigenvalue weighted by molar-refractivity contribution is -0.139. The Kier molecular flexibility index (Phi) is 3.65. The molecule has 76 valence electrons. The van der Waals surface area contributed by atoms with Crippen LogP contribution >= 0.6 is 0 Å². The van der Waals surface area contributed by atoms with Gasteiger partial charge in [0.05, 0.1) is 0 Å². The van der Waals surface area contributed by atoms with Crippen LogP contribution in [0.3, 0.4) is 0 Å². The number of carboxylic acids is 1. The van der Waals surface area contributed by atoms with Crippen molar-refractivity contribution < 1.29 is 9.90 Å². The second-order valence-corrected chi connectivity index (χ2v) is 3.30. The third kappa shape index (κ3) is 2.33. The molecule has 0 aliphatic heterocycles. The largest absolute Gasteiger partial charge is 0.480 e. The average Bonchev–Trinajstić information content (AvgIpc) is 2.19. The Morgan fingerprint density at radius 2 is 1.93 bits per heavy atom. The summed E-state index contributed by atoms with van der Waals surface area (Å²) in [7, 11) is 1.66. The lowest BCUT2D eigenvalue weighted by atomic mass is 9.93. The lowest BCUT2D eigenvalue weighted by Crippen LogP contribution is -2.38. The summed E-state index contributed by atoms with van der Waals surface area (Å²) in [4.78, 5) is 10.9. The van der Waals surface area contributed by atoms with Crippen LogP contribution < -0.4 is 5.32 Å². The number of nitrogens with one attached hydrogen (secondary N) is 1. The number of hydrogen-bond donors (Lipinski definition) is 2. The Bertz CT molecular complexity index is 297. The summed E-state index contributed by atoms with van der Waals surface area (Å²) in [5.41, 5.74) is 1.04. The predicted octanol–water partition coefficient (Wildman–Crippen LogP) is 1.46. The SMILES string of the molecule is CN[C@H](C(=O)O)[C@@H](C)c1ccccc1. The number of carbonyl (C=O) groups is 1. The molecular weight excluding hydrogens is 178 g/mol. The second-order valence-electron chi connectivity index (χ2n) is 3.30. The normalized spacial score (nSPS) is 14.7. The van der Waals surface area contributed by atoms with Crippen LogP contribution in [0.15, 0.2) is 30.3 Å². The zero-order valence-electron chi connectivity index (χ0n) is 8.40. The van der Waals surface area contributed by atoms with Gasteiger partial charge in [-0.2, -0.15) is 0 Å². The fraction of sp³-hybridized carbons (Fsp3) is 0.364. The molecule has 0 unspecified atom stereocenters. The third-order valence-electron chi connectivity index (χ3n) is 2.40. The Balaban J connectivity index is 2.83. The number of hydrogen-bond acceptors (Lipinski definition) is 2. The maximum absolute atomic E-state index is 10.9. The van der Waals surface area contributed by atoms with Gasteiger partial charge in [0.15, 0.2) is 0 Å². The summed E-state index contributed by atoms with van der Waals surface area (Å²) < 4.78 is 0. The summed E-state index contributed by atoms with van der Waals surface area (Å²) in [6.07, 6.45) is 0. The van der Waals surface area contributed by atoms with Gasteiger partial charge < -0.3 is 10.4 Å². The van der Waals surface area contributed by atoms with Gasteiger partial charge >= 0.3 is 5.97 Å². The van der Waals surface area contributed by atoms with E-state index in [2.05, 4.69) is 5.32 Å². The molecule has 1 aromatic carbocycles. The fourth-order valence-corrected chi connectivity index (χ4v) is 1.54. The first-order valence-electron chi connectivity index (χ1n) is 4.62. The molecule has 0 spiro atoms. The molecular formula is C11H15NO2. The van der Waals surface area contributed by atoms with Crippen molar-refractivity contribution in [2.75, 3.05) is 7.05 Å². The molecule has 3 nitrogen and oxygen atoms in total. The summed E-state index contributed by atoms with van der Waals surface area (Å²) >= 11 is 0. The molecule has 3 heteroatoms. The van der Waals surface area contributed by atoms with Gasteiger partial charge in [-0.25, -0.2) is 0 Å². The predicted molar refractivity (Wildman–Crippen MR) is 55.3 cm³/mol. The van der Waals surface area contributed by atoms with E-state index in [1.54, 1.807) is 7.05 Å². The Morgan fingerprint density at radius 1 is 1.36 bits per heavy atom. The first kappa shape index (κ1) is 10.7. The Morgan fingerprint density at radius 3 is 2.36 bits per heavy atom. The highest BCUT2D eigenvalue weighted by Gasteiger charge is 2.23. The summed E-state index contributed by atoms with van der Waals surface area (Å²) in [5, 5.41) is 11.7. The van der Waals surface area contributed by atoms with Gasteiger partial charge in [0.1, 0.15) is 6.04 Å².